The van der Waals surface area contributed by atoms with Crippen molar-refractivity contribution in [1.82, 2.24) is 0 Å². The first-order chi connectivity index (χ1) is 28.7. The van der Waals surface area contributed by atoms with Crippen LogP contribution < -0.4 is 9.80 Å². The van der Waals surface area contributed by atoms with Gasteiger partial charge in [0.25, 0.3) is 0 Å². The third-order valence-corrected chi connectivity index (χ3v) is 15.0. The lowest BCUT2D eigenvalue weighted by Gasteiger charge is -2.35. The van der Waals surface area contributed by atoms with Crippen LogP contribution in [0.3, 0.4) is 0 Å². The molecule has 0 radical (unpaired) electrons. The molecular formula is C55H42N2S. The number of nitrogens with zero attached hydrogens (tertiary/aromatic N) is 2. The van der Waals surface area contributed by atoms with Crippen LogP contribution >= 0.6 is 10.0 Å². The number of fused-ring (bicyclic) bond motifs is 3. The first kappa shape index (κ1) is 35.4. The van der Waals surface area contributed by atoms with Crippen molar-refractivity contribution in [2.24, 2.45) is 0 Å². The summed E-state index contributed by atoms with van der Waals surface area (Å²) in [5, 5.41) is 0. The molecule has 58 heavy (non-hydrogen) atoms. The van der Waals surface area contributed by atoms with E-state index in [9.17, 15) is 0 Å². The zero-order chi connectivity index (χ0) is 38.9. The van der Waals surface area contributed by atoms with Gasteiger partial charge in [-0.25, -0.2) is 0 Å². The van der Waals surface area contributed by atoms with E-state index >= 15 is 0 Å². The number of hydrogen-bond donors (Lipinski definition) is 0. The van der Waals surface area contributed by atoms with Crippen LogP contribution in [0.2, 0.25) is 0 Å². The van der Waals surface area contributed by atoms with Crippen molar-refractivity contribution in [3.8, 4) is 33.4 Å². The molecule has 0 aromatic heterocycles. The molecule has 1 heterocycles. The Morgan fingerprint density at radius 3 is 1.26 bits per heavy atom. The Kier molecular flexibility index (Phi) is 9.21. The molecule has 0 bridgehead atoms. The van der Waals surface area contributed by atoms with E-state index in [1.54, 1.807) is 0 Å². The van der Waals surface area contributed by atoms with Crippen LogP contribution in [0.4, 0.5) is 34.1 Å². The van der Waals surface area contributed by atoms with Crippen molar-refractivity contribution in [3.05, 3.63) is 237 Å². The van der Waals surface area contributed by atoms with Crippen LogP contribution in [0, 0.1) is 0 Å². The second-order valence-electron chi connectivity index (χ2n) is 14.7. The Balaban J connectivity index is 1.16. The fraction of sp³-hybridized carbons (Fsp3) is 0.0182. The third-order valence-electron chi connectivity index (χ3n) is 11.3. The SMILES string of the molecule is CS1(c2ccccc2)c2cc(N(c3ccccc3)c3ccc(-c4ccccc4)cc3)ccc2-c2c(N(c3ccccc3)c3ccc(-c4ccccc4)cc3)cccc21. The second-order valence-corrected chi connectivity index (χ2v) is 17.9. The van der Waals surface area contributed by atoms with Gasteiger partial charge >= 0.3 is 0 Å². The predicted octanol–water partition coefficient (Wildman–Crippen LogP) is 15.9. The lowest BCUT2D eigenvalue weighted by atomic mass is 10.00. The topological polar surface area (TPSA) is 6.48 Å². The molecule has 10 rings (SSSR count). The van der Waals surface area contributed by atoms with Crippen LogP contribution in [0.5, 0.6) is 0 Å². The lowest BCUT2D eigenvalue weighted by Crippen LogP contribution is -2.11. The summed E-state index contributed by atoms with van der Waals surface area (Å²) in [6.45, 7) is 0. The smallest absolute Gasteiger partial charge is 0.0551 e. The zero-order valence-electron chi connectivity index (χ0n) is 32.3. The van der Waals surface area contributed by atoms with Crippen LogP contribution in [-0.4, -0.2) is 6.26 Å². The highest BCUT2D eigenvalue weighted by molar-refractivity contribution is 8.33. The average molecular weight is 763 g/mol. The van der Waals surface area contributed by atoms with Gasteiger partial charge in [0.15, 0.2) is 0 Å². The molecule has 1 unspecified atom stereocenters. The second kappa shape index (κ2) is 15.1. The highest BCUT2D eigenvalue weighted by Crippen LogP contribution is 2.75. The Morgan fingerprint density at radius 2 is 0.724 bits per heavy atom. The van der Waals surface area contributed by atoms with E-state index in [0.29, 0.717) is 0 Å². The average Bonchev–Trinajstić information content (AvgIpc) is 3.57. The number of anilines is 6. The van der Waals surface area contributed by atoms with Crippen LogP contribution in [0.1, 0.15) is 0 Å². The zero-order valence-corrected chi connectivity index (χ0v) is 33.1. The highest BCUT2D eigenvalue weighted by atomic mass is 32.3. The number of benzene rings is 9. The minimum atomic E-state index is -1.68. The molecule has 0 saturated carbocycles. The molecule has 3 heteroatoms. The summed E-state index contributed by atoms with van der Waals surface area (Å²) >= 11 is 0. The van der Waals surface area contributed by atoms with E-state index in [-0.39, 0.29) is 0 Å². The van der Waals surface area contributed by atoms with Gasteiger partial charge in [0.1, 0.15) is 0 Å². The van der Waals surface area contributed by atoms with E-state index in [4.69, 9.17) is 0 Å². The van der Waals surface area contributed by atoms with Gasteiger partial charge in [0.05, 0.1) is 5.69 Å². The van der Waals surface area contributed by atoms with Gasteiger partial charge in [-0.2, -0.15) is 10.0 Å². The molecule has 1 aliphatic rings. The van der Waals surface area contributed by atoms with Gasteiger partial charge in [-0.15, -0.1) is 0 Å². The minimum absolute atomic E-state index is 1.12. The van der Waals surface area contributed by atoms with Crippen molar-refractivity contribution in [3.63, 3.8) is 0 Å². The summed E-state index contributed by atoms with van der Waals surface area (Å²) in [6, 6.07) is 86.0. The summed E-state index contributed by atoms with van der Waals surface area (Å²) in [5.41, 5.74) is 14.2. The highest BCUT2D eigenvalue weighted by Gasteiger charge is 2.40. The van der Waals surface area contributed by atoms with Crippen LogP contribution in [0.15, 0.2) is 251 Å². The normalized spacial score (nSPS) is 15.1. The summed E-state index contributed by atoms with van der Waals surface area (Å²) in [7, 11) is -1.68. The Labute approximate surface area is 343 Å². The van der Waals surface area contributed by atoms with Crippen molar-refractivity contribution < 1.29 is 0 Å². The van der Waals surface area contributed by atoms with Gasteiger partial charge in [0.2, 0.25) is 0 Å². The Hall–Kier alpha value is -7.07. The fourth-order valence-electron chi connectivity index (χ4n) is 8.47. The van der Waals surface area contributed by atoms with Gasteiger partial charge < -0.3 is 9.80 Å². The number of para-hydroxylation sites is 2. The van der Waals surface area contributed by atoms with E-state index in [2.05, 4.69) is 253 Å². The first-order valence-electron chi connectivity index (χ1n) is 19.8. The summed E-state index contributed by atoms with van der Waals surface area (Å²) in [5.74, 6) is 0. The number of rotatable bonds is 9. The molecule has 0 spiro atoms. The number of hydrogen-bond acceptors (Lipinski definition) is 2. The summed E-state index contributed by atoms with van der Waals surface area (Å²) in [6.07, 6.45) is 2.49. The minimum Gasteiger partial charge on any atom is -0.310 e. The van der Waals surface area contributed by atoms with Crippen molar-refractivity contribution in [2.75, 3.05) is 16.1 Å². The van der Waals surface area contributed by atoms with E-state index in [1.165, 1.54) is 53.8 Å². The van der Waals surface area contributed by atoms with Gasteiger partial charge in [0, 0.05) is 43.8 Å². The summed E-state index contributed by atoms with van der Waals surface area (Å²) < 4.78 is 0. The van der Waals surface area contributed by atoms with E-state index < -0.39 is 10.0 Å². The van der Waals surface area contributed by atoms with Gasteiger partial charge in [-0.05, 0) is 124 Å². The lowest BCUT2D eigenvalue weighted by molar-refractivity contribution is 1.25. The molecular weight excluding hydrogens is 721 g/mol. The third kappa shape index (κ3) is 6.27. The fourth-order valence-corrected chi connectivity index (χ4v) is 11.9. The Morgan fingerprint density at radius 1 is 0.310 bits per heavy atom. The Bertz CT molecular complexity index is 2810. The first-order valence-corrected chi connectivity index (χ1v) is 21.8. The molecule has 0 fully saturated rings. The molecule has 0 N–H and O–H groups in total. The maximum atomic E-state index is 2.49. The molecule has 0 amide bonds. The van der Waals surface area contributed by atoms with E-state index in [1.807, 2.05) is 0 Å². The van der Waals surface area contributed by atoms with Crippen molar-refractivity contribution in [2.45, 2.75) is 14.7 Å². The molecule has 1 aliphatic heterocycles. The standard InChI is InChI=1S/C55H42N2S/c1-58(50-26-15-6-16-27-50)53-29-17-28-52(57(46-24-13-5-14-25-46)48-36-32-44(33-37-48)42-20-9-3-10-21-42)55(53)51-39-38-49(40-54(51)58)56(45-22-11-4-12-23-45)47-34-30-43(31-35-47)41-18-7-2-8-19-41/h2-40H,1H3. The maximum absolute atomic E-state index is 2.49. The molecule has 9 aromatic rings. The van der Waals surface area contributed by atoms with Gasteiger partial charge in [-0.1, -0.05) is 152 Å². The molecule has 1 atom stereocenters. The van der Waals surface area contributed by atoms with Gasteiger partial charge in [-0.3, -0.25) is 0 Å². The maximum Gasteiger partial charge on any atom is 0.0551 e. The molecule has 9 aromatic carbocycles. The molecule has 2 nitrogen and oxygen atoms in total. The van der Waals surface area contributed by atoms with E-state index in [0.717, 1.165) is 28.4 Å². The van der Waals surface area contributed by atoms with Crippen LogP contribution in [-0.2, 0) is 0 Å². The monoisotopic (exact) mass is 762 g/mol. The quantitative estimate of drug-likeness (QED) is 0.144. The largest absolute Gasteiger partial charge is 0.310 e. The summed E-state index contributed by atoms with van der Waals surface area (Å²) in [4.78, 5) is 8.93. The van der Waals surface area contributed by atoms with Crippen molar-refractivity contribution in [1.29, 1.82) is 0 Å². The molecule has 278 valence electrons. The van der Waals surface area contributed by atoms with Crippen molar-refractivity contribution >= 4 is 44.2 Å². The molecule has 0 aliphatic carbocycles. The molecule has 0 saturated heterocycles. The van der Waals surface area contributed by atoms with Crippen LogP contribution in [0.25, 0.3) is 33.4 Å². The predicted molar refractivity (Wildman–Crippen MR) is 247 cm³/mol.